The fraction of sp³-hybridized carbons (Fsp3) is 0.143. The van der Waals surface area contributed by atoms with Crippen LogP contribution in [0.2, 0.25) is 5.02 Å². The summed E-state index contributed by atoms with van der Waals surface area (Å²) in [6.45, 7) is 1.44. The zero-order valence-electron chi connectivity index (χ0n) is 6.95. The third-order valence-electron chi connectivity index (χ3n) is 1.63. The Labute approximate surface area is 90.1 Å². The predicted molar refractivity (Wildman–Crippen MR) is 52.6 cm³/mol. The molecule has 0 unspecified atom stereocenters. The summed E-state index contributed by atoms with van der Waals surface area (Å²) in [5.74, 6) is -1.11. The van der Waals surface area contributed by atoms with Gasteiger partial charge in [-0.15, -0.1) is 0 Å². The van der Waals surface area contributed by atoms with E-state index < -0.39 is 24.7 Å². The maximum absolute atomic E-state index is 10.9. The number of phenolic OH excluding ortho intramolecular Hbond substituents is 2. The van der Waals surface area contributed by atoms with Crippen LogP contribution in [-0.2, 0) is 9.05 Å². The molecule has 2 N–H and O–H groups in total. The molecule has 0 amide bonds. The van der Waals surface area contributed by atoms with E-state index in [1.165, 1.54) is 6.92 Å². The Morgan fingerprint density at radius 2 is 1.79 bits per heavy atom. The molecule has 0 saturated heterocycles. The molecule has 7 heteroatoms. The van der Waals surface area contributed by atoms with Crippen LogP contribution in [0, 0.1) is 6.92 Å². The van der Waals surface area contributed by atoms with Gasteiger partial charge in [-0.25, -0.2) is 8.42 Å². The van der Waals surface area contributed by atoms with Gasteiger partial charge < -0.3 is 10.2 Å². The zero-order valence-corrected chi connectivity index (χ0v) is 9.28. The number of halogens is 2. The molecule has 1 rings (SSSR count). The van der Waals surface area contributed by atoms with E-state index in [4.69, 9.17) is 22.3 Å². The number of aromatic hydroxyl groups is 2. The molecule has 0 aromatic heterocycles. The smallest absolute Gasteiger partial charge is 0.265 e. The predicted octanol–water partition coefficient (Wildman–Crippen LogP) is 1.99. The Kier molecular flexibility index (Phi) is 2.85. The van der Waals surface area contributed by atoms with Gasteiger partial charge in [0.05, 0.1) is 0 Å². The lowest BCUT2D eigenvalue weighted by molar-refractivity contribution is 0.438. The van der Waals surface area contributed by atoms with E-state index in [1.54, 1.807) is 0 Å². The van der Waals surface area contributed by atoms with Crippen molar-refractivity contribution < 1.29 is 18.6 Å². The first-order valence-corrected chi connectivity index (χ1v) is 6.09. The van der Waals surface area contributed by atoms with Gasteiger partial charge >= 0.3 is 0 Å². The highest BCUT2D eigenvalue weighted by molar-refractivity contribution is 8.13. The molecule has 0 aliphatic heterocycles. The van der Waals surface area contributed by atoms with Gasteiger partial charge in [-0.1, -0.05) is 11.6 Å². The standard InChI is InChI=1S/C7H6Cl2O4S/c1-3-2-4(14(9,12)13)7(11)5(8)6(3)10/h2,10-11H,1H3. The van der Waals surface area contributed by atoms with Crippen molar-refractivity contribution in [1.29, 1.82) is 0 Å². The highest BCUT2D eigenvalue weighted by Gasteiger charge is 2.21. The number of aryl methyl sites for hydroxylation is 1. The third-order valence-corrected chi connectivity index (χ3v) is 3.33. The summed E-state index contributed by atoms with van der Waals surface area (Å²) in [5.41, 5.74) is 0.215. The SMILES string of the molecule is Cc1cc(S(=O)(=O)Cl)c(O)c(Cl)c1O. The Morgan fingerprint density at radius 1 is 1.29 bits per heavy atom. The summed E-state index contributed by atoms with van der Waals surface area (Å²) in [4.78, 5) is -0.514. The second-order valence-electron chi connectivity index (χ2n) is 2.64. The van der Waals surface area contributed by atoms with Gasteiger partial charge in [0.1, 0.15) is 15.7 Å². The fourth-order valence-electron chi connectivity index (χ4n) is 0.913. The van der Waals surface area contributed by atoms with Crippen LogP contribution in [0.4, 0.5) is 0 Å². The molecule has 0 spiro atoms. The first-order valence-electron chi connectivity index (χ1n) is 3.41. The molecule has 78 valence electrons. The highest BCUT2D eigenvalue weighted by Crippen LogP contribution is 2.40. The molecule has 0 saturated carbocycles. The average molecular weight is 257 g/mol. The largest absolute Gasteiger partial charge is 0.506 e. The first kappa shape index (κ1) is 11.4. The van der Waals surface area contributed by atoms with Crippen LogP contribution in [-0.4, -0.2) is 18.6 Å². The molecule has 0 atom stereocenters. The summed E-state index contributed by atoms with van der Waals surface area (Å²) in [6, 6.07) is 1.04. The summed E-state index contributed by atoms with van der Waals surface area (Å²) < 4.78 is 21.9. The maximum atomic E-state index is 10.9. The van der Waals surface area contributed by atoms with Crippen molar-refractivity contribution in [3.8, 4) is 11.5 Å². The molecule has 14 heavy (non-hydrogen) atoms. The van der Waals surface area contributed by atoms with Crippen molar-refractivity contribution in [2.24, 2.45) is 0 Å². The summed E-state index contributed by atoms with van der Waals surface area (Å²) in [7, 11) is 0.963. The monoisotopic (exact) mass is 256 g/mol. The molecule has 0 radical (unpaired) electrons. The van der Waals surface area contributed by atoms with Crippen LogP contribution >= 0.6 is 22.3 Å². The van der Waals surface area contributed by atoms with Crippen LogP contribution in [0.25, 0.3) is 0 Å². The van der Waals surface area contributed by atoms with E-state index in [-0.39, 0.29) is 11.3 Å². The van der Waals surface area contributed by atoms with Gasteiger partial charge in [0.25, 0.3) is 9.05 Å². The maximum Gasteiger partial charge on any atom is 0.265 e. The third kappa shape index (κ3) is 1.89. The van der Waals surface area contributed by atoms with E-state index in [0.29, 0.717) is 0 Å². The molecule has 0 aliphatic rings. The summed E-state index contributed by atoms with van der Waals surface area (Å²) in [6.07, 6.45) is 0. The molecule has 0 bridgehead atoms. The van der Waals surface area contributed by atoms with E-state index >= 15 is 0 Å². The molecule has 1 aromatic rings. The average Bonchev–Trinajstić information content (AvgIpc) is 2.06. The Balaban J connectivity index is 3.66. The first-order chi connectivity index (χ1) is 6.25. The van der Waals surface area contributed by atoms with Crippen LogP contribution in [0.15, 0.2) is 11.0 Å². The number of hydrogen-bond acceptors (Lipinski definition) is 4. The minimum absolute atomic E-state index is 0.215. The van der Waals surface area contributed by atoms with Crippen LogP contribution in [0.3, 0.4) is 0 Å². The minimum atomic E-state index is -4.07. The topological polar surface area (TPSA) is 74.6 Å². The Bertz CT molecular complexity index is 481. The van der Waals surface area contributed by atoms with E-state index in [2.05, 4.69) is 0 Å². The normalized spacial score (nSPS) is 11.6. The van der Waals surface area contributed by atoms with Crippen molar-refractivity contribution in [3.63, 3.8) is 0 Å². The number of rotatable bonds is 1. The fourth-order valence-corrected chi connectivity index (χ4v) is 2.22. The summed E-state index contributed by atoms with van der Waals surface area (Å²) in [5, 5.41) is 18.1. The van der Waals surface area contributed by atoms with Crippen LogP contribution < -0.4 is 0 Å². The van der Waals surface area contributed by atoms with Gasteiger partial charge in [-0.05, 0) is 18.6 Å². The second-order valence-corrected chi connectivity index (χ2v) is 5.55. The molecule has 1 aromatic carbocycles. The second kappa shape index (κ2) is 3.49. The lowest BCUT2D eigenvalue weighted by Crippen LogP contribution is -1.93. The molecule has 4 nitrogen and oxygen atoms in total. The van der Waals surface area contributed by atoms with Gasteiger partial charge in [-0.3, -0.25) is 0 Å². The van der Waals surface area contributed by atoms with Crippen molar-refractivity contribution >= 4 is 31.3 Å². The van der Waals surface area contributed by atoms with Gasteiger partial charge in [0, 0.05) is 10.7 Å². The van der Waals surface area contributed by atoms with Crippen molar-refractivity contribution in [2.45, 2.75) is 11.8 Å². The van der Waals surface area contributed by atoms with Gasteiger partial charge in [-0.2, -0.15) is 0 Å². The van der Waals surface area contributed by atoms with Crippen LogP contribution in [0.1, 0.15) is 5.56 Å². The number of hydrogen-bond donors (Lipinski definition) is 2. The van der Waals surface area contributed by atoms with Crippen LogP contribution in [0.5, 0.6) is 11.5 Å². The summed E-state index contributed by atoms with van der Waals surface area (Å²) >= 11 is 5.47. The Hall–Kier alpha value is -0.650. The van der Waals surface area contributed by atoms with Crippen molar-refractivity contribution in [2.75, 3.05) is 0 Å². The number of phenols is 2. The Morgan fingerprint density at radius 3 is 2.21 bits per heavy atom. The lowest BCUT2D eigenvalue weighted by atomic mass is 10.2. The minimum Gasteiger partial charge on any atom is -0.506 e. The van der Waals surface area contributed by atoms with Crippen molar-refractivity contribution in [3.05, 3.63) is 16.7 Å². The molecule has 0 aliphatic carbocycles. The molecule has 0 heterocycles. The van der Waals surface area contributed by atoms with E-state index in [9.17, 15) is 18.6 Å². The molecule has 0 fully saturated rings. The van der Waals surface area contributed by atoms with E-state index in [1.807, 2.05) is 0 Å². The lowest BCUT2D eigenvalue weighted by Gasteiger charge is -2.07. The molecular weight excluding hydrogens is 251 g/mol. The zero-order chi connectivity index (χ0) is 11.1. The van der Waals surface area contributed by atoms with Gasteiger partial charge in [0.2, 0.25) is 0 Å². The van der Waals surface area contributed by atoms with Crippen molar-refractivity contribution in [1.82, 2.24) is 0 Å². The van der Waals surface area contributed by atoms with E-state index in [0.717, 1.165) is 6.07 Å². The number of benzene rings is 1. The molecular formula is C7H6Cl2O4S. The van der Waals surface area contributed by atoms with Gasteiger partial charge in [0.15, 0.2) is 5.75 Å². The highest BCUT2D eigenvalue weighted by atomic mass is 35.7. The quantitative estimate of drug-likeness (QED) is 0.754.